The van der Waals surface area contributed by atoms with Gasteiger partial charge in [0, 0.05) is 19.6 Å². The Balaban J connectivity index is 1.66. The molecule has 0 aromatic carbocycles. The molecular weight excluding hydrogens is 188 g/mol. The molecule has 2 fully saturated rings. The molecular formula is C12H22N2O. The highest BCUT2D eigenvalue weighted by Gasteiger charge is 2.23. The Hall–Kier alpha value is -0.730. The second-order valence-electron chi connectivity index (χ2n) is 5.16. The van der Waals surface area contributed by atoms with Crippen LogP contribution in [-0.4, -0.2) is 30.6 Å². The Morgan fingerprint density at radius 1 is 1.33 bits per heavy atom. The summed E-state index contributed by atoms with van der Waals surface area (Å²) >= 11 is 0. The zero-order valence-corrected chi connectivity index (χ0v) is 9.67. The van der Waals surface area contributed by atoms with Crippen LogP contribution in [0.25, 0.3) is 0 Å². The van der Waals surface area contributed by atoms with E-state index in [-0.39, 0.29) is 6.03 Å². The van der Waals surface area contributed by atoms with E-state index in [0.717, 1.165) is 31.5 Å². The predicted molar refractivity (Wildman–Crippen MR) is 60.7 cm³/mol. The van der Waals surface area contributed by atoms with E-state index in [1.165, 1.54) is 32.1 Å². The van der Waals surface area contributed by atoms with Gasteiger partial charge in [-0.05, 0) is 37.5 Å². The summed E-state index contributed by atoms with van der Waals surface area (Å²) in [6.45, 7) is 5.10. The van der Waals surface area contributed by atoms with Crippen LogP contribution in [0.4, 0.5) is 4.79 Å². The topological polar surface area (TPSA) is 32.3 Å². The van der Waals surface area contributed by atoms with Crippen molar-refractivity contribution < 1.29 is 4.79 Å². The van der Waals surface area contributed by atoms with Crippen molar-refractivity contribution in [3.63, 3.8) is 0 Å². The Labute approximate surface area is 92.2 Å². The highest BCUT2D eigenvalue weighted by atomic mass is 16.2. The van der Waals surface area contributed by atoms with Gasteiger partial charge in [0.15, 0.2) is 0 Å². The van der Waals surface area contributed by atoms with Crippen molar-refractivity contribution in [2.45, 2.75) is 39.0 Å². The van der Waals surface area contributed by atoms with Crippen molar-refractivity contribution in [1.29, 1.82) is 0 Å². The molecule has 1 N–H and O–H groups in total. The number of urea groups is 1. The van der Waals surface area contributed by atoms with Crippen LogP contribution in [0.1, 0.15) is 39.0 Å². The zero-order valence-electron chi connectivity index (χ0n) is 9.67. The first-order valence-corrected chi connectivity index (χ1v) is 6.28. The van der Waals surface area contributed by atoms with Gasteiger partial charge in [-0.2, -0.15) is 0 Å². The molecule has 3 heteroatoms. The van der Waals surface area contributed by atoms with Gasteiger partial charge >= 0.3 is 6.03 Å². The van der Waals surface area contributed by atoms with Crippen LogP contribution in [0, 0.1) is 11.8 Å². The molecule has 2 amide bonds. The van der Waals surface area contributed by atoms with Gasteiger partial charge in [0.05, 0.1) is 0 Å². The Kier molecular flexibility index (Phi) is 3.49. The lowest BCUT2D eigenvalue weighted by molar-refractivity contribution is 0.206. The lowest BCUT2D eigenvalue weighted by Crippen LogP contribution is -2.39. The molecule has 0 bridgehead atoms. The van der Waals surface area contributed by atoms with Crippen LogP contribution in [0.3, 0.4) is 0 Å². The fourth-order valence-corrected chi connectivity index (χ4v) is 2.77. The maximum Gasteiger partial charge on any atom is 0.317 e. The van der Waals surface area contributed by atoms with E-state index in [4.69, 9.17) is 0 Å². The maximum absolute atomic E-state index is 11.7. The standard InChI is InChI=1S/C12H22N2O/c1-10-4-5-11(8-10)9-13-12(15)14-6-2-3-7-14/h10-11H,2-9H2,1H3,(H,13,15). The Morgan fingerprint density at radius 3 is 2.67 bits per heavy atom. The molecule has 3 nitrogen and oxygen atoms in total. The first-order chi connectivity index (χ1) is 7.25. The quantitative estimate of drug-likeness (QED) is 0.744. The lowest BCUT2D eigenvalue weighted by Gasteiger charge is -2.18. The normalized spacial score (nSPS) is 30.9. The highest BCUT2D eigenvalue weighted by molar-refractivity contribution is 5.74. The summed E-state index contributed by atoms with van der Waals surface area (Å²) < 4.78 is 0. The average molecular weight is 210 g/mol. The van der Waals surface area contributed by atoms with E-state index < -0.39 is 0 Å². The van der Waals surface area contributed by atoms with Crippen LogP contribution >= 0.6 is 0 Å². The summed E-state index contributed by atoms with van der Waals surface area (Å²) in [5.41, 5.74) is 0. The monoisotopic (exact) mass is 210 g/mol. The van der Waals surface area contributed by atoms with Gasteiger partial charge in [0.25, 0.3) is 0 Å². The number of amides is 2. The van der Waals surface area contributed by atoms with E-state index in [2.05, 4.69) is 12.2 Å². The molecule has 15 heavy (non-hydrogen) atoms. The van der Waals surface area contributed by atoms with Crippen molar-refractivity contribution >= 4 is 6.03 Å². The van der Waals surface area contributed by atoms with E-state index >= 15 is 0 Å². The number of carbonyl (C=O) groups is 1. The summed E-state index contributed by atoms with van der Waals surface area (Å²) in [5, 5.41) is 3.07. The molecule has 1 aliphatic heterocycles. The fraction of sp³-hybridized carbons (Fsp3) is 0.917. The van der Waals surface area contributed by atoms with Gasteiger partial charge in [-0.25, -0.2) is 4.79 Å². The number of hydrogen-bond donors (Lipinski definition) is 1. The molecule has 0 spiro atoms. The van der Waals surface area contributed by atoms with Gasteiger partial charge in [-0.15, -0.1) is 0 Å². The lowest BCUT2D eigenvalue weighted by atomic mass is 10.1. The van der Waals surface area contributed by atoms with Crippen LogP contribution in [0.15, 0.2) is 0 Å². The minimum Gasteiger partial charge on any atom is -0.338 e. The largest absolute Gasteiger partial charge is 0.338 e. The molecule has 2 atom stereocenters. The first kappa shape index (κ1) is 10.8. The van der Waals surface area contributed by atoms with Crippen molar-refractivity contribution in [2.24, 2.45) is 11.8 Å². The summed E-state index contributed by atoms with van der Waals surface area (Å²) in [6, 6.07) is 0.159. The number of likely N-dealkylation sites (tertiary alicyclic amines) is 1. The van der Waals surface area contributed by atoms with Crippen LogP contribution in [-0.2, 0) is 0 Å². The van der Waals surface area contributed by atoms with Crippen LogP contribution in [0.5, 0.6) is 0 Å². The summed E-state index contributed by atoms with van der Waals surface area (Å²) in [6.07, 6.45) is 6.27. The molecule has 86 valence electrons. The predicted octanol–water partition coefficient (Wildman–Crippen LogP) is 2.23. The second-order valence-corrected chi connectivity index (χ2v) is 5.16. The van der Waals surface area contributed by atoms with Gasteiger partial charge in [0.2, 0.25) is 0 Å². The third-order valence-corrected chi connectivity index (χ3v) is 3.74. The molecule has 0 aromatic rings. The SMILES string of the molecule is CC1CCC(CNC(=O)N2CCCC2)C1. The zero-order chi connectivity index (χ0) is 10.7. The number of carbonyl (C=O) groups excluding carboxylic acids is 1. The summed E-state index contributed by atoms with van der Waals surface area (Å²) in [7, 11) is 0. The summed E-state index contributed by atoms with van der Waals surface area (Å²) in [5.74, 6) is 1.59. The molecule has 1 heterocycles. The van der Waals surface area contributed by atoms with Crippen LogP contribution < -0.4 is 5.32 Å². The highest BCUT2D eigenvalue weighted by Crippen LogP contribution is 2.29. The fourth-order valence-electron chi connectivity index (χ4n) is 2.77. The third kappa shape index (κ3) is 2.86. The third-order valence-electron chi connectivity index (χ3n) is 3.74. The van der Waals surface area contributed by atoms with Gasteiger partial charge in [-0.1, -0.05) is 13.3 Å². The molecule has 1 saturated carbocycles. The van der Waals surface area contributed by atoms with Crippen molar-refractivity contribution in [3.05, 3.63) is 0 Å². The van der Waals surface area contributed by atoms with E-state index in [1.54, 1.807) is 0 Å². The minimum atomic E-state index is 0.159. The Bertz CT molecular complexity index is 224. The number of hydrogen-bond acceptors (Lipinski definition) is 1. The summed E-state index contributed by atoms with van der Waals surface area (Å²) in [4.78, 5) is 13.6. The molecule has 0 radical (unpaired) electrons. The van der Waals surface area contributed by atoms with Crippen molar-refractivity contribution in [2.75, 3.05) is 19.6 Å². The minimum absolute atomic E-state index is 0.159. The second kappa shape index (κ2) is 4.86. The molecule has 1 saturated heterocycles. The average Bonchev–Trinajstić information content (AvgIpc) is 2.84. The number of nitrogens with one attached hydrogen (secondary N) is 1. The molecule has 2 rings (SSSR count). The van der Waals surface area contributed by atoms with E-state index in [0.29, 0.717) is 0 Å². The van der Waals surface area contributed by atoms with E-state index in [9.17, 15) is 4.79 Å². The first-order valence-electron chi connectivity index (χ1n) is 6.28. The van der Waals surface area contributed by atoms with Crippen molar-refractivity contribution in [1.82, 2.24) is 10.2 Å². The van der Waals surface area contributed by atoms with Crippen molar-refractivity contribution in [3.8, 4) is 0 Å². The van der Waals surface area contributed by atoms with Gasteiger partial charge < -0.3 is 10.2 Å². The molecule has 2 aliphatic rings. The number of nitrogens with zero attached hydrogens (tertiary/aromatic N) is 1. The van der Waals surface area contributed by atoms with E-state index in [1.807, 2.05) is 4.90 Å². The van der Waals surface area contributed by atoms with Gasteiger partial charge in [-0.3, -0.25) is 0 Å². The van der Waals surface area contributed by atoms with Gasteiger partial charge in [0.1, 0.15) is 0 Å². The smallest absolute Gasteiger partial charge is 0.317 e. The Morgan fingerprint density at radius 2 is 2.07 bits per heavy atom. The molecule has 0 aromatic heterocycles. The molecule has 1 aliphatic carbocycles. The maximum atomic E-state index is 11.7. The molecule has 2 unspecified atom stereocenters. The number of rotatable bonds is 2. The van der Waals surface area contributed by atoms with Crippen LogP contribution in [0.2, 0.25) is 0 Å².